The Bertz CT molecular complexity index is 336. The number of nitrogens with zero attached hydrogens (tertiary/aromatic N) is 2. The summed E-state index contributed by atoms with van der Waals surface area (Å²) in [6.45, 7) is 4.16. The van der Waals surface area contributed by atoms with Gasteiger partial charge in [-0.1, -0.05) is 0 Å². The second kappa shape index (κ2) is 3.87. The van der Waals surface area contributed by atoms with E-state index in [2.05, 4.69) is 44.2 Å². The van der Waals surface area contributed by atoms with Crippen LogP contribution in [0.15, 0.2) is 16.7 Å². The quantitative estimate of drug-likeness (QED) is 0.870. The Morgan fingerprint density at radius 3 is 2.79 bits per heavy atom. The van der Waals surface area contributed by atoms with Crippen molar-refractivity contribution in [3.63, 3.8) is 0 Å². The van der Waals surface area contributed by atoms with Crippen LogP contribution in [0.4, 0.5) is 5.82 Å². The first-order chi connectivity index (χ1) is 6.68. The second-order valence-electron chi connectivity index (χ2n) is 3.74. The van der Waals surface area contributed by atoms with Crippen LogP contribution >= 0.6 is 15.9 Å². The highest BCUT2D eigenvalue weighted by Gasteiger charge is 2.23. The van der Waals surface area contributed by atoms with Crippen LogP contribution in [-0.4, -0.2) is 31.2 Å². The molecule has 0 aliphatic carbocycles. The second-order valence-corrected chi connectivity index (χ2v) is 4.60. The number of aryl methyl sites for hydroxylation is 1. The lowest BCUT2D eigenvalue weighted by atomic mass is 10.1. The van der Waals surface area contributed by atoms with E-state index in [4.69, 9.17) is 0 Å². The molecular formula is C10H14BrN3. The number of anilines is 1. The highest BCUT2D eigenvalue weighted by molar-refractivity contribution is 9.10. The molecule has 0 unspecified atom stereocenters. The zero-order valence-corrected chi connectivity index (χ0v) is 10.0. The fourth-order valence-corrected chi connectivity index (χ4v) is 2.25. The summed E-state index contributed by atoms with van der Waals surface area (Å²) < 4.78 is 1.08. The zero-order chi connectivity index (χ0) is 10.1. The van der Waals surface area contributed by atoms with Crippen LogP contribution < -0.4 is 10.2 Å². The Kier molecular flexibility index (Phi) is 2.74. The SMILES string of the molecule is Cc1cnc(N(C)C2CNC2)c(Br)c1. The molecule has 0 radical (unpaired) electrons. The number of nitrogens with one attached hydrogen (secondary N) is 1. The van der Waals surface area contributed by atoms with E-state index in [0.29, 0.717) is 6.04 Å². The van der Waals surface area contributed by atoms with Crippen molar-refractivity contribution >= 4 is 21.7 Å². The van der Waals surface area contributed by atoms with E-state index >= 15 is 0 Å². The first-order valence-corrected chi connectivity index (χ1v) is 5.53. The van der Waals surface area contributed by atoms with Crippen LogP contribution in [0, 0.1) is 6.92 Å². The number of likely N-dealkylation sites (N-methyl/N-ethyl adjacent to an activating group) is 1. The van der Waals surface area contributed by atoms with Gasteiger partial charge in [-0.05, 0) is 34.5 Å². The Morgan fingerprint density at radius 1 is 1.57 bits per heavy atom. The normalized spacial score (nSPS) is 16.5. The molecule has 1 N–H and O–H groups in total. The highest BCUT2D eigenvalue weighted by atomic mass is 79.9. The molecule has 3 nitrogen and oxygen atoms in total. The first-order valence-electron chi connectivity index (χ1n) is 4.74. The summed E-state index contributed by atoms with van der Waals surface area (Å²) in [6, 6.07) is 2.69. The van der Waals surface area contributed by atoms with Crippen LogP contribution in [0.25, 0.3) is 0 Å². The van der Waals surface area contributed by atoms with Gasteiger partial charge in [0.15, 0.2) is 0 Å². The van der Waals surface area contributed by atoms with Crippen molar-refractivity contribution in [2.45, 2.75) is 13.0 Å². The molecule has 0 amide bonds. The lowest BCUT2D eigenvalue weighted by Gasteiger charge is -2.36. The largest absolute Gasteiger partial charge is 0.353 e. The molecule has 14 heavy (non-hydrogen) atoms. The van der Waals surface area contributed by atoms with Gasteiger partial charge in [-0.25, -0.2) is 4.98 Å². The van der Waals surface area contributed by atoms with Crippen molar-refractivity contribution in [3.05, 3.63) is 22.3 Å². The summed E-state index contributed by atoms with van der Waals surface area (Å²) in [6.07, 6.45) is 1.91. The molecule has 0 saturated carbocycles. The molecule has 1 aromatic rings. The van der Waals surface area contributed by atoms with Crippen molar-refractivity contribution in [1.29, 1.82) is 0 Å². The fraction of sp³-hybridized carbons (Fsp3) is 0.500. The summed E-state index contributed by atoms with van der Waals surface area (Å²) in [5, 5.41) is 3.26. The van der Waals surface area contributed by atoms with E-state index in [-0.39, 0.29) is 0 Å². The molecule has 2 rings (SSSR count). The van der Waals surface area contributed by atoms with Gasteiger partial charge in [0, 0.05) is 26.3 Å². The molecule has 1 aromatic heterocycles. The van der Waals surface area contributed by atoms with Gasteiger partial charge in [0.2, 0.25) is 0 Å². The predicted octanol–water partition coefficient (Wildman–Crippen LogP) is 1.56. The fourth-order valence-electron chi connectivity index (χ4n) is 1.51. The summed E-state index contributed by atoms with van der Waals surface area (Å²) >= 11 is 3.54. The zero-order valence-electron chi connectivity index (χ0n) is 8.42. The van der Waals surface area contributed by atoms with Crippen LogP contribution in [0.3, 0.4) is 0 Å². The topological polar surface area (TPSA) is 28.2 Å². The van der Waals surface area contributed by atoms with E-state index in [0.717, 1.165) is 23.4 Å². The summed E-state index contributed by atoms with van der Waals surface area (Å²) in [4.78, 5) is 6.65. The first kappa shape index (κ1) is 9.93. The maximum atomic E-state index is 4.43. The molecule has 1 aliphatic rings. The van der Waals surface area contributed by atoms with Crippen molar-refractivity contribution < 1.29 is 0 Å². The van der Waals surface area contributed by atoms with E-state index < -0.39 is 0 Å². The number of hydrogen-bond donors (Lipinski definition) is 1. The number of aromatic nitrogens is 1. The average Bonchev–Trinajstić information content (AvgIpc) is 2.00. The number of halogens is 1. The molecule has 4 heteroatoms. The minimum absolute atomic E-state index is 0.585. The molecule has 1 aliphatic heterocycles. The monoisotopic (exact) mass is 255 g/mol. The van der Waals surface area contributed by atoms with Crippen LogP contribution in [0.5, 0.6) is 0 Å². The van der Waals surface area contributed by atoms with Gasteiger partial charge in [0.1, 0.15) is 5.82 Å². The molecule has 2 heterocycles. The van der Waals surface area contributed by atoms with Gasteiger partial charge < -0.3 is 10.2 Å². The van der Waals surface area contributed by atoms with Crippen LogP contribution in [0.1, 0.15) is 5.56 Å². The summed E-state index contributed by atoms with van der Waals surface area (Å²) in [5.74, 6) is 1.03. The molecule has 0 spiro atoms. The Labute approximate surface area is 92.6 Å². The minimum atomic E-state index is 0.585. The molecule has 0 atom stereocenters. The van der Waals surface area contributed by atoms with Gasteiger partial charge in [0.05, 0.1) is 10.5 Å². The maximum absolute atomic E-state index is 4.43. The third-order valence-corrected chi connectivity index (χ3v) is 3.18. The number of pyridine rings is 1. The predicted molar refractivity (Wildman–Crippen MR) is 61.7 cm³/mol. The lowest BCUT2D eigenvalue weighted by Crippen LogP contribution is -2.56. The Morgan fingerprint density at radius 2 is 2.29 bits per heavy atom. The molecule has 1 saturated heterocycles. The van der Waals surface area contributed by atoms with E-state index in [1.807, 2.05) is 13.1 Å². The van der Waals surface area contributed by atoms with Crippen molar-refractivity contribution in [2.75, 3.05) is 25.0 Å². The number of hydrogen-bond acceptors (Lipinski definition) is 3. The van der Waals surface area contributed by atoms with Gasteiger partial charge in [0.25, 0.3) is 0 Å². The minimum Gasteiger partial charge on any atom is -0.353 e. The molecule has 0 bridgehead atoms. The molecule has 1 fully saturated rings. The lowest BCUT2D eigenvalue weighted by molar-refractivity contribution is 0.426. The third kappa shape index (κ3) is 1.77. The highest BCUT2D eigenvalue weighted by Crippen LogP contribution is 2.25. The van der Waals surface area contributed by atoms with Crippen molar-refractivity contribution in [2.24, 2.45) is 0 Å². The van der Waals surface area contributed by atoms with Gasteiger partial charge in [-0.15, -0.1) is 0 Å². The summed E-state index contributed by atoms with van der Waals surface area (Å²) in [5.41, 5.74) is 1.18. The van der Waals surface area contributed by atoms with Gasteiger partial charge in [-0.3, -0.25) is 0 Å². The van der Waals surface area contributed by atoms with E-state index in [9.17, 15) is 0 Å². The Balaban J connectivity index is 2.22. The van der Waals surface area contributed by atoms with Crippen LogP contribution in [0.2, 0.25) is 0 Å². The Hall–Kier alpha value is -0.610. The average molecular weight is 256 g/mol. The molecule has 0 aromatic carbocycles. The van der Waals surface area contributed by atoms with Crippen molar-refractivity contribution in [3.8, 4) is 0 Å². The number of rotatable bonds is 2. The van der Waals surface area contributed by atoms with Crippen LogP contribution in [-0.2, 0) is 0 Å². The smallest absolute Gasteiger partial charge is 0.142 e. The maximum Gasteiger partial charge on any atom is 0.142 e. The molecular weight excluding hydrogens is 242 g/mol. The molecule has 76 valence electrons. The standard InChI is InChI=1S/C10H14BrN3/c1-7-3-9(11)10(13-4-7)14(2)8-5-12-6-8/h3-4,8,12H,5-6H2,1-2H3. The van der Waals surface area contributed by atoms with Crippen molar-refractivity contribution in [1.82, 2.24) is 10.3 Å². The third-order valence-electron chi connectivity index (χ3n) is 2.60. The van der Waals surface area contributed by atoms with Gasteiger partial charge in [-0.2, -0.15) is 0 Å². The van der Waals surface area contributed by atoms with Gasteiger partial charge >= 0.3 is 0 Å². The van der Waals surface area contributed by atoms with E-state index in [1.54, 1.807) is 0 Å². The summed E-state index contributed by atoms with van der Waals surface area (Å²) in [7, 11) is 2.09. The van der Waals surface area contributed by atoms with E-state index in [1.165, 1.54) is 5.56 Å².